The van der Waals surface area contributed by atoms with Crippen LogP contribution in [0.2, 0.25) is 0 Å². The van der Waals surface area contributed by atoms with Crippen molar-refractivity contribution in [3.63, 3.8) is 0 Å². The lowest BCUT2D eigenvalue weighted by atomic mass is 10.1. The third-order valence-corrected chi connectivity index (χ3v) is 2.92. The van der Waals surface area contributed by atoms with Crippen LogP contribution in [0.25, 0.3) is 0 Å². The molecular formula is C15H20N4O2. The van der Waals surface area contributed by atoms with Crippen LogP contribution in [-0.4, -0.2) is 50.1 Å². The zero-order valence-electron chi connectivity index (χ0n) is 12.5. The van der Waals surface area contributed by atoms with Crippen LogP contribution >= 0.6 is 0 Å². The van der Waals surface area contributed by atoms with Gasteiger partial charge in [-0.05, 0) is 19.4 Å². The number of rotatable bonds is 5. The molecule has 0 atom stereocenters. The second-order valence-corrected chi connectivity index (χ2v) is 5.76. The van der Waals surface area contributed by atoms with Gasteiger partial charge < -0.3 is 10.0 Å². The number of hydrogen-bond acceptors (Lipinski definition) is 4. The summed E-state index contributed by atoms with van der Waals surface area (Å²) in [6, 6.07) is 9.84. The molecule has 112 valence electrons. The minimum atomic E-state index is -0.940. The van der Waals surface area contributed by atoms with Crippen LogP contribution in [0.5, 0.6) is 0 Å². The quantitative estimate of drug-likeness (QED) is 0.896. The molecule has 2 aromatic rings. The molecular weight excluding hydrogens is 268 g/mol. The largest absolute Gasteiger partial charge is 0.389 e. The zero-order valence-corrected chi connectivity index (χ0v) is 12.5. The number of benzene rings is 1. The Hall–Kier alpha value is -2.21. The Labute approximate surface area is 124 Å². The van der Waals surface area contributed by atoms with Gasteiger partial charge in [0, 0.05) is 13.6 Å². The maximum absolute atomic E-state index is 12.2. The highest BCUT2D eigenvalue weighted by Crippen LogP contribution is 2.07. The number of aromatic nitrogens is 3. The molecule has 0 aliphatic carbocycles. The van der Waals surface area contributed by atoms with Gasteiger partial charge >= 0.3 is 0 Å². The first-order valence-electron chi connectivity index (χ1n) is 6.77. The van der Waals surface area contributed by atoms with E-state index in [1.165, 1.54) is 4.90 Å². The Morgan fingerprint density at radius 1 is 1.33 bits per heavy atom. The summed E-state index contributed by atoms with van der Waals surface area (Å²) in [5, 5.41) is 17.6. The van der Waals surface area contributed by atoms with Crippen LogP contribution in [0.1, 0.15) is 29.9 Å². The van der Waals surface area contributed by atoms with E-state index in [0.717, 1.165) is 5.56 Å². The molecule has 0 unspecified atom stereocenters. The number of hydrogen-bond donors (Lipinski definition) is 1. The Kier molecular flexibility index (Phi) is 4.37. The van der Waals surface area contributed by atoms with E-state index in [1.807, 2.05) is 30.3 Å². The van der Waals surface area contributed by atoms with Gasteiger partial charge in [-0.25, -0.2) is 4.68 Å². The first-order chi connectivity index (χ1) is 9.85. The summed E-state index contributed by atoms with van der Waals surface area (Å²) in [4.78, 5) is 13.6. The van der Waals surface area contributed by atoms with Crippen LogP contribution in [0.4, 0.5) is 0 Å². The number of likely N-dealkylation sites (N-methyl/N-ethyl adjacent to an activating group) is 1. The standard InChI is InChI=1S/C15H20N4O2/c1-15(2,21)11-18(3)14(20)13-10-19(17-16-13)9-12-7-5-4-6-8-12/h4-8,10,21H,9,11H2,1-3H3. The number of carbonyl (C=O) groups excluding carboxylic acids is 1. The van der Waals surface area contributed by atoms with Crippen molar-refractivity contribution in [1.82, 2.24) is 19.9 Å². The minimum absolute atomic E-state index is 0.234. The van der Waals surface area contributed by atoms with Crippen molar-refractivity contribution in [3.05, 3.63) is 47.8 Å². The summed E-state index contributed by atoms with van der Waals surface area (Å²) in [6.45, 7) is 4.11. The minimum Gasteiger partial charge on any atom is -0.389 e. The van der Waals surface area contributed by atoms with Gasteiger partial charge in [-0.2, -0.15) is 0 Å². The van der Waals surface area contributed by atoms with Gasteiger partial charge in [0.25, 0.3) is 5.91 Å². The Morgan fingerprint density at radius 3 is 2.62 bits per heavy atom. The molecule has 1 heterocycles. The number of carbonyl (C=O) groups is 1. The van der Waals surface area contributed by atoms with E-state index in [9.17, 15) is 9.90 Å². The molecule has 1 aromatic carbocycles. The molecule has 0 saturated heterocycles. The van der Waals surface area contributed by atoms with E-state index >= 15 is 0 Å². The van der Waals surface area contributed by atoms with E-state index in [2.05, 4.69) is 10.3 Å². The molecule has 0 bridgehead atoms. The van der Waals surface area contributed by atoms with Crippen molar-refractivity contribution in [2.45, 2.75) is 26.0 Å². The van der Waals surface area contributed by atoms with Crippen LogP contribution < -0.4 is 0 Å². The normalized spacial score (nSPS) is 11.4. The molecule has 1 aromatic heterocycles. The Bertz CT molecular complexity index is 602. The molecule has 6 nitrogen and oxygen atoms in total. The van der Waals surface area contributed by atoms with Crippen LogP contribution in [0, 0.1) is 0 Å². The fourth-order valence-corrected chi connectivity index (χ4v) is 2.09. The van der Waals surface area contributed by atoms with Crippen molar-refractivity contribution >= 4 is 5.91 Å². The SMILES string of the molecule is CN(CC(C)(C)O)C(=O)c1cn(Cc2ccccc2)nn1. The topological polar surface area (TPSA) is 71.2 Å². The lowest BCUT2D eigenvalue weighted by Crippen LogP contribution is -2.39. The van der Waals surface area contributed by atoms with Gasteiger partial charge in [0.2, 0.25) is 0 Å². The second-order valence-electron chi connectivity index (χ2n) is 5.76. The summed E-state index contributed by atoms with van der Waals surface area (Å²) in [5.41, 5.74) is 0.425. The fourth-order valence-electron chi connectivity index (χ4n) is 2.09. The molecule has 21 heavy (non-hydrogen) atoms. The maximum Gasteiger partial charge on any atom is 0.275 e. The third kappa shape index (κ3) is 4.39. The second kappa shape index (κ2) is 6.05. The van der Waals surface area contributed by atoms with Crippen LogP contribution in [-0.2, 0) is 6.54 Å². The van der Waals surface area contributed by atoms with Crippen molar-refractivity contribution in [2.24, 2.45) is 0 Å². The van der Waals surface area contributed by atoms with Gasteiger partial charge in [0.05, 0.1) is 18.3 Å². The third-order valence-electron chi connectivity index (χ3n) is 2.92. The van der Waals surface area contributed by atoms with E-state index in [4.69, 9.17) is 0 Å². The number of nitrogens with zero attached hydrogens (tertiary/aromatic N) is 4. The lowest BCUT2D eigenvalue weighted by Gasteiger charge is -2.24. The lowest BCUT2D eigenvalue weighted by molar-refractivity contribution is 0.0365. The number of aliphatic hydroxyl groups is 1. The van der Waals surface area contributed by atoms with Crippen molar-refractivity contribution < 1.29 is 9.90 Å². The van der Waals surface area contributed by atoms with Gasteiger partial charge in [-0.15, -0.1) is 5.10 Å². The van der Waals surface area contributed by atoms with Gasteiger partial charge in [-0.3, -0.25) is 4.79 Å². The highest BCUT2D eigenvalue weighted by Gasteiger charge is 2.22. The Morgan fingerprint density at radius 2 is 2.00 bits per heavy atom. The predicted octanol–water partition coefficient (Wildman–Crippen LogP) is 1.17. The van der Waals surface area contributed by atoms with E-state index < -0.39 is 5.60 Å². The summed E-state index contributed by atoms with van der Waals surface area (Å²) >= 11 is 0. The average Bonchev–Trinajstić information content (AvgIpc) is 2.85. The zero-order chi connectivity index (χ0) is 15.5. The molecule has 0 spiro atoms. The number of amides is 1. The van der Waals surface area contributed by atoms with E-state index in [0.29, 0.717) is 6.54 Å². The summed E-state index contributed by atoms with van der Waals surface area (Å²) in [7, 11) is 1.64. The summed E-state index contributed by atoms with van der Waals surface area (Å²) in [5.74, 6) is -0.253. The predicted molar refractivity (Wildman–Crippen MR) is 78.8 cm³/mol. The molecule has 0 saturated carbocycles. The summed E-state index contributed by atoms with van der Waals surface area (Å²) < 4.78 is 1.63. The smallest absolute Gasteiger partial charge is 0.275 e. The molecule has 1 amide bonds. The van der Waals surface area contributed by atoms with Gasteiger partial charge in [-0.1, -0.05) is 35.5 Å². The first kappa shape index (κ1) is 15.2. The van der Waals surface area contributed by atoms with Crippen molar-refractivity contribution in [3.8, 4) is 0 Å². The molecule has 0 aliphatic heterocycles. The van der Waals surface area contributed by atoms with Crippen LogP contribution in [0.15, 0.2) is 36.5 Å². The van der Waals surface area contributed by atoms with Crippen LogP contribution in [0.3, 0.4) is 0 Å². The molecule has 0 fully saturated rings. The van der Waals surface area contributed by atoms with Crippen molar-refractivity contribution in [1.29, 1.82) is 0 Å². The molecule has 2 rings (SSSR count). The maximum atomic E-state index is 12.2. The molecule has 6 heteroatoms. The van der Waals surface area contributed by atoms with Gasteiger partial charge in [0.15, 0.2) is 5.69 Å². The van der Waals surface area contributed by atoms with Gasteiger partial charge in [0.1, 0.15) is 0 Å². The monoisotopic (exact) mass is 288 g/mol. The molecule has 0 aliphatic rings. The average molecular weight is 288 g/mol. The Balaban J connectivity index is 2.04. The molecule has 1 N–H and O–H groups in total. The highest BCUT2D eigenvalue weighted by molar-refractivity contribution is 5.91. The summed E-state index contributed by atoms with van der Waals surface area (Å²) in [6.07, 6.45) is 1.62. The fraction of sp³-hybridized carbons (Fsp3) is 0.400. The molecule has 0 radical (unpaired) electrons. The van der Waals surface area contributed by atoms with E-state index in [1.54, 1.807) is 31.8 Å². The van der Waals surface area contributed by atoms with Crippen molar-refractivity contribution in [2.75, 3.05) is 13.6 Å². The first-order valence-corrected chi connectivity index (χ1v) is 6.77. The van der Waals surface area contributed by atoms with E-state index in [-0.39, 0.29) is 18.1 Å². The highest BCUT2D eigenvalue weighted by atomic mass is 16.3.